The first-order chi connectivity index (χ1) is 23.1. The molecule has 0 saturated heterocycles. The summed E-state index contributed by atoms with van der Waals surface area (Å²) in [5.74, 6) is 2.31. The third-order valence-corrected chi connectivity index (χ3v) is 9.31. The van der Waals surface area contributed by atoms with Gasteiger partial charge >= 0.3 is 0 Å². The van der Waals surface area contributed by atoms with Crippen molar-refractivity contribution in [1.82, 2.24) is 10.6 Å². The average Bonchev–Trinajstić information content (AvgIpc) is 3.53. The van der Waals surface area contributed by atoms with Crippen LogP contribution in [0.3, 0.4) is 0 Å². The lowest BCUT2D eigenvalue weighted by atomic mass is 9.78. The molecule has 4 nitrogen and oxygen atoms in total. The second kappa shape index (κ2) is 13.1. The molecule has 3 atom stereocenters. The molecule has 2 aliphatic heterocycles. The molecule has 0 fully saturated rings. The molecule has 2 heterocycles. The van der Waals surface area contributed by atoms with Crippen LogP contribution in [-0.4, -0.2) is 18.2 Å². The number of nitrogens with one attached hydrogen (secondary N) is 2. The fourth-order valence-corrected chi connectivity index (χ4v) is 7.04. The van der Waals surface area contributed by atoms with E-state index in [0.29, 0.717) is 5.92 Å². The van der Waals surface area contributed by atoms with E-state index < -0.39 is 0 Å². The van der Waals surface area contributed by atoms with E-state index in [2.05, 4.69) is 139 Å². The van der Waals surface area contributed by atoms with Crippen molar-refractivity contribution in [2.45, 2.75) is 46.2 Å². The van der Waals surface area contributed by atoms with Crippen molar-refractivity contribution in [3.05, 3.63) is 188 Å². The van der Waals surface area contributed by atoms with Crippen LogP contribution >= 0.6 is 0 Å². The highest BCUT2D eigenvalue weighted by molar-refractivity contribution is 6.13. The Balaban J connectivity index is 0.00000172. The van der Waals surface area contributed by atoms with E-state index in [4.69, 9.17) is 9.98 Å². The van der Waals surface area contributed by atoms with Crippen LogP contribution in [0.1, 0.15) is 66.2 Å². The van der Waals surface area contributed by atoms with Gasteiger partial charge in [-0.05, 0) is 84.5 Å². The lowest BCUT2D eigenvalue weighted by molar-refractivity contribution is 0.588. The van der Waals surface area contributed by atoms with Gasteiger partial charge in [0.05, 0.1) is 0 Å². The molecule has 4 heteroatoms. The lowest BCUT2D eigenvalue weighted by Gasteiger charge is -2.28. The maximum atomic E-state index is 5.20. The van der Waals surface area contributed by atoms with Crippen LogP contribution in [0.4, 0.5) is 0 Å². The third kappa shape index (κ3) is 5.98. The lowest BCUT2D eigenvalue weighted by Crippen LogP contribution is -2.34. The van der Waals surface area contributed by atoms with Gasteiger partial charge in [-0.3, -0.25) is 0 Å². The minimum atomic E-state index is -0.227. The predicted molar refractivity (Wildman–Crippen MR) is 195 cm³/mol. The standard InChI is InChI=1S/C41H34N4.C2H6/c1-26-8-6-12-33(22-26)40-43-39(31-9-4-3-5-10-31)44-41(45-40)35-13-7-11-32-24-36-27(2)23-34(25-37(36)38(32)35)29-16-14-28(15-17-29)30-18-20-42-21-19-30;1-2/h3-14,16,18-20,22-23,25,36-37,39,42H,21,24H2,1-2H3,(H,43,44,45);1-2H3. The summed E-state index contributed by atoms with van der Waals surface area (Å²) in [6, 6.07) is 25.6. The highest BCUT2D eigenvalue weighted by atomic mass is 15.2. The average molecular weight is 613 g/mol. The quantitative estimate of drug-likeness (QED) is 0.283. The van der Waals surface area contributed by atoms with Crippen LogP contribution in [0.15, 0.2) is 165 Å². The molecule has 47 heavy (non-hydrogen) atoms. The van der Waals surface area contributed by atoms with Crippen molar-refractivity contribution in [2.75, 3.05) is 6.54 Å². The first-order valence-corrected chi connectivity index (χ1v) is 16.7. The maximum Gasteiger partial charge on any atom is 0.159 e. The Kier molecular flexibility index (Phi) is 8.46. The van der Waals surface area contributed by atoms with E-state index in [1.807, 2.05) is 26.1 Å². The number of nitrogens with zero attached hydrogens (tertiary/aromatic N) is 2. The second-order valence-corrected chi connectivity index (χ2v) is 12.3. The summed E-state index contributed by atoms with van der Waals surface area (Å²) in [6.07, 6.45) is 16.2. The Morgan fingerprint density at radius 2 is 1.62 bits per heavy atom. The topological polar surface area (TPSA) is 48.8 Å². The van der Waals surface area contributed by atoms with E-state index >= 15 is 0 Å². The Bertz CT molecular complexity index is 2050. The van der Waals surface area contributed by atoms with Crippen LogP contribution in [-0.2, 0) is 6.42 Å². The Labute approximate surface area is 278 Å². The SMILES string of the molecule is CC.CC1=CC(C2=C=C=C(C3=CCNC=C3)C=C2)=CC2c3c(cccc3C3=NC(c4cccc(C)c4)=NC(c4ccccc4)N3)CC12. The van der Waals surface area contributed by atoms with Gasteiger partial charge in [0.2, 0.25) is 0 Å². The molecule has 3 aromatic rings. The van der Waals surface area contributed by atoms with Gasteiger partial charge in [0.25, 0.3) is 0 Å². The first-order valence-electron chi connectivity index (χ1n) is 16.7. The molecule has 2 N–H and O–H groups in total. The minimum Gasteiger partial charge on any atom is -0.387 e. The monoisotopic (exact) mass is 612 g/mol. The van der Waals surface area contributed by atoms with Gasteiger partial charge in [0, 0.05) is 34.7 Å². The van der Waals surface area contributed by atoms with Gasteiger partial charge in [-0.1, -0.05) is 121 Å². The molecule has 3 aromatic carbocycles. The molecule has 3 aliphatic carbocycles. The van der Waals surface area contributed by atoms with Crippen LogP contribution in [0.5, 0.6) is 0 Å². The summed E-state index contributed by atoms with van der Waals surface area (Å²) in [7, 11) is 0. The summed E-state index contributed by atoms with van der Waals surface area (Å²) < 4.78 is 0. The van der Waals surface area contributed by atoms with Crippen molar-refractivity contribution in [3.63, 3.8) is 0 Å². The van der Waals surface area contributed by atoms with Crippen molar-refractivity contribution in [1.29, 1.82) is 0 Å². The van der Waals surface area contributed by atoms with E-state index in [-0.39, 0.29) is 12.1 Å². The summed E-state index contributed by atoms with van der Waals surface area (Å²) >= 11 is 0. The third-order valence-electron chi connectivity index (χ3n) is 9.31. The predicted octanol–water partition coefficient (Wildman–Crippen LogP) is 8.88. The second-order valence-electron chi connectivity index (χ2n) is 12.3. The van der Waals surface area contributed by atoms with Crippen molar-refractivity contribution in [2.24, 2.45) is 15.9 Å². The van der Waals surface area contributed by atoms with Crippen molar-refractivity contribution in [3.8, 4) is 0 Å². The fraction of sp³-hybridized carbons (Fsp3) is 0.209. The molecule has 0 saturated carbocycles. The van der Waals surface area contributed by atoms with Gasteiger partial charge in [0.1, 0.15) is 12.0 Å². The molecule has 0 amide bonds. The number of amidine groups is 2. The number of fused-ring (bicyclic) bond motifs is 3. The zero-order valence-corrected chi connectivity index (χ0v) is 27.5. The van der Waals surface area contributed by atoms with Crippen LogP contribution < -0.4 is 10.6 Å². The summed E-state index contributed by atoms with van der Waals surface area (Å²) in [5.41, 5.74) is 20.1. The molecule has 0 aromatic heterocycles. The molecule has 0 bridgehead atoms. The molecule has 5 aliphatic rings. The van der Waals surface area contributed by atoms with E-state index in [9.17, 15) is 0 Å². The van der Waals surface area contributed by atoms with Gasteiger partial charge in [-0.25, -0.2) is 9.98 Å². The molecule has 0 radical (unpaired) electrons. The number of aryl methyl sites for hydroxylation is 1. The zero-order chi connectivity index (χ0) is 32.3. The molecule has 3 unspecified atom stereocenters. The maximum absolute atomic E-state index is 5.20. The molecular weight excluding hydrogens is 573 g/mol. The number of hydrogen-bond acceptors (Lipinski definition) is 4. The number of allylic oxidation sites excluding steroid dienone is 10. The number of rotatable bonds is 5. The Morgan fingerprint density at radius 1 is 0.830 bits per heavy atom. The number of aliphatic imine (C=N–C) groups is 2. The first kappa shape index (κ1) is 30.3. The van der Waals surface area contributed by atoms with Gasteiger partial charge in [-0.2, -0.15) is 0 Å². The number of hydrogen-bond donors (Lipinski definition) is 2. The summed E-state index contributed by atoms with van der Waals surface area (Å²) in [6.45, 7) is 9.23. The largest absolute Gasteiger partial charge is 0.387 e. The smallest absolute Gasteiger partial charge is 0.159 e. The Hall–Kier alpha value is -5.40. The van der Waals surface area contributed by atoms with Crippen LogP contribution in [0.25, 0.3) is 0 Å². The highest BCUT2D eigenvalue weighted by Crippen LogP contribution is 2.48. The summed E-state index contributed by atoms with van der Waals surface area (Å²) in [4.78, 5) is 10.3. The van der Waals surface area contributed by atoms with Gasteiger partial charge in [-0.15, -0.1) is 0 Å². The van der Waals surface area contributed by atoms with Crippen LogP contribution in [0, 0.1) is 12.8 Å². The van der Waals surface area contributed by atoms with E-state index in [1.165, 1.54) is 33.4 Å². The number of benzene rings is 3. The van der Waals surface area contributed by atoms with Gasteiger partial charge < -0.3 is 10.6 Å². The minimum absolute atomic E-state index is 0.227. The van der Waals surface area contributed by atoms with E-state index in [0.717, 1.165) is 52.5 Å². The molecule has 0 spiro atoms. The van der Waals surface area contributed by atoms with Gasteiger partial charge in [0.15, 0.2) is 5.84 Å². The summed E-state index contributed by atoms with van der Waals surface area (Å²) in [5, 5.41) is 6.93. The number of dihydropyridines is 1. The normalized spacial score (nSPS) is 22.0. The molecule has 8 rings (SSSR count). The van der Waals surface area contributed by atoms with Crippen molar-refractivity contribution >= 4 is 11.7 Å². The molecular formula is C43H40N4. The van der Waals surface area contributed by atoms with Crippen LogP contribution in [0.2, 0.25) is 0 Å². The van der Waals surface area contributed by atoms with E-state index in [1.54, 1.807) is 0 Å². The fourth-order valence-electron chi connectivity index (χ4n) is 7.04. The highest BCUT2D eigenvalue weighted by Gasteiger charge is 2.38. The van der Waals surface area contributed by atoms with Crippen molar-refractivity contribution < 1.29 is 0 Å². The zero-order valence-electron chi connectivity index (χ0n) is 27.5. The molecule has 232 valence electrons. The Morgan fingerprint density at radius 3 is 2.36 bits per heavy atom.